The Morgan fingerprint density at radius 3 is 2.78 bits per heavy atom. The number of rotatable bonds is 8. The van der Waals surface area contributed by atoms with Crippen LogP contribution >= 0.6 is 23.1 Å². The normalized spacial score (nSPS) is 14.8. The highest BCUT2D eigenvalue weighted by Gasteiger charge is 2.29. The van der Waals surface area contributed by atoms with Crippen molar-refractivity contribution in [1.29, 1.82) is 0 Å². The number of benzene rings is 1. The fourth-order valence-electron chi connectivity index (χ4n) is 4.21. The lowest BCUT2D eigenvalue weighted by Gasteiger charge is -2.20. The van der Waals surface area contributed by atoms with Crippen LogP contribution in [0.3, 0.4) is 0 Å². The number of aromatic amines is 1. The number of carbonyl (C=O) groups is 1. The molecular weight excluding hydrogens is 522 g/mol. The molecule has 1 aromatic carbocycles. The summed E-state index contributed by atoms with van der Waals surface area (Å²) in [4.78, 5) is 18.0. The third kappa shape index (κ3) is 4.81. The highest BCUT2D eigenvalue weighted by Crippen LogP contribution is 2.48. The van der Waals surface area contributed by atoms with Crippen LogP contribution in [-0.2, 0) is 21.5 Å². The zero-order chi connectivity index (χ0) is 25.6. The van der Waals surface area contributed by atoms with Gasteiger partial charge in [0, 0.05) is 28.6 Å². The van der Waals surface area contributed by atoms with Crippen molar-refractivity contribution in [3.8, 4) is 11.3 Å². The molecule has 4 aromatic rings. The van der Waals surface area contributed by atoms with E-state index in [9.17, 15) is 22.9 Å². The largest absolute Gasteiger partial charge is 0.478 e. The summed E-state index contributed by atoms with van der Waals surface area (Å²) >= 11 is 3.04. The molecule has 0 unspecified atom stereocenters. The number of hydrogen-bond donors (Lipinski definition) is 3. The maximum absolute atomic E-state index is 11.7. The van der Waals surface area contributed by atoms with Crippen LogP contribution in [0.5, 0.6) is 0 Å². The smallest absolute Gasteiger partial charge is 0.346 e. The first-order chi connectivity index (χ1) is 17.1. The van der Waals surface area contributed by atoms with Gasteiger partial charge in [-0.3, -0.25) is 4.55 Å². The van der Waals surface area contributed by atoms with Crippen LogP contribution in [0.1, 0.15) is 22.7 Å². The number of H-pyrrole nitrogens is 1. The van der Waals surface area contributed by atoms with E-state index in [4.69, 9.17) is 4.42 Å². The molecule has 0 spiro atoms. The van der Waals surface area contributed by atoms with Gasteiger partial charge >= 0.3 is 5.97 Å². The van der Waals surface area contributed by atoms with E-state index in [1.807, 2.05) is 55.2 Å². The van der Waals surface area contributed by atoms with Gasteiger partial charge in [0.2, 0.25) is 0 Å². The molecule has 12 heteroatoms. The van der Waals surface area contributed by atoms with Gasteiger partial charge in [-0.2, -0.15) is 8.42 Å². The lowest BCUT2D eigenvalue weighted by molar-refractivity contribution is -0.659. The van der Waals surface area contributed by atoms with Crippen LogP contribution in [0.4, 0.5) is 5.69 Å². The Morgan fingerprint density at radius 1 is 1.28 bits per heavy atom. The number of fused-ring (bicyclic) bond motifs is 2. The van der Waals surface area contributed by atoms with Gasteiger partial charge in [0.05, 0.1) is 22.7 Å². The summed E-state index contributed by atoms with van der Waals surface area (Å²) in [7, 11) is -4.09. The zero-order valence-electron chi connectivity index (χ0n) is 19.5. The fourth-order valence-corrected chi connectivity index (χ4v) is 7.09. The fraction of sp³-hybridized carbons (Fsp3) is 0.250. The van der Waals surface area contributed by atoms with E-state index in [1.165, 1.54) is 23.1 Å². The maximum Gasteiger partial charge on any atom is 0.346 e. The summed E-state index contributed by atoms with van der Waals surface area (Å²) in [6.45, 7) is 4.13. The molecule has 0 radical (unpaired) electrons. The average molecular weight is 547 g/mol. The topological polar surface area (TPSA) is 128 Å². The molecule has 188 valence electrons. The van der Waals surface area contributed by atoms with E-state index in [-0.39, 0.29) is 18.7 Å². The second-order valence-electron chi connectivity index (χ2n) is 8.51. The van der Waals surface area contributed by atoms with Crippen molar-refractivity contribution >= 4 is 61.3 Å². The van der Waals surface area contributed by atoms with Gasteiger partial charge in [-0.25, -0.2) is 14.3 Å². The number of thioether (sulfide) groups is 1. The van der Waals surface area contributed by atoms with E-state index < -0.39 is 16.1 Å². The van der Waals surface area contributed by atoms with Gasteiger partial charge in [0.25, 0.3) is 15.8 Å². The number of furan rings is 1. The van der Waals surface area contributed by atoms with Gasteiger partial charge in [-0.15, -0.1) is 0 Å². The van der Waals surface area contributed by atoms with Crippen molar-refractivity contribution in [3.63, 3.8) is 0 Å². The molecular formula is C24H24N3O6S3+. The van der Waals surface area contributed by atoms with Crippen LogP contribution in [-0.4, -0.2) is 41.3 Å². The molecule has 0 saturated carbocycles. The number of thiazole rings is 1. The number of aryl methyl sites for hydroxylation is 2. The second-order valence-corrected chi connectivity index (χ2v) is 12.2. The minimum Gasteiger partial charge on any atom is -0.478 e. The van der Waals surface area contributed by atoms with Crippen molar-refractivity contribution in [3.05, 3.63) is 57.9 Å². The Kier molecular flexibility index (Phi) is 6.45. The Morgan fingerprint density at radius 2 is 2.08 bits per heavy atom. The second kappa shape index (κ2) is 9.43. The van der Waals surface area contributed by atoms with Crippen molar-refractivity contribution in [2.24, 2.45) is 0 Å². The van der Waals surface area contributed by atoms with Gasteiger partial charge in [-0.05, 0) is 50.6 Å². The molecule has 3 aromatic heterocycles. The van der Waals surface area contributed by atoms with Crippen molar-refractivity contribution in [1.82, 2.24) is 4.98 Å². The Labute approximate surface area is 215 Å². The van der Waals surface area contributed by atoms with Crippen LogP contribution in [0.15, 0.2) is 50.9 Å². The van der Waals surface area contributed by atoms with Crippen LogP contribution in [0.25, 0.3) is 27.7 Å². The van der Waals surface area contributed by atoms with E-state index in [2.05, 4.69) is 4.98 Å². The number of hydrogen-bond acceptors (Lipinski definition) is 7. The molecule has 1 aliphatic heterocycles. The molecule has 0 aliphatic carbocycles. The summed E-state index contributed by atoms with van der Waals surface area (Å²) in [6.07, 6.45) is 3.77. The third-order valence-corrected chi connectivity index (χ3v) is 9.20. The SMILES string of the molecule is Cc1[nH]c2c(sc(C=C3Sc4ccc(-c5ccco5)cc4N3CCCS(=O)(=O)O)[n+]2CC(=O)O)c1C. The highest BCUT2D eigenvalue weighted by atomic mass is 32.2. The first-order valence-corrected chi connectivity index (χ1v) is 14.4. The number of aliphatic carboxylic acids is 1. The van der Waals surface area contributed by atoms with E-state index in [0.29, 0.717) is 6.54 Å². The first-order valence-electron chi connectivity index (χ1n) is 11.1. The van der Waals surface area contributed by atoms with E-state index in [0.717, 1.165) is 53.5 Å². The van der Waals surface area contributed by atoms with Crippen LogP contribution in [0, 0.1) is 13.8 Å². The summed E-state index contributed by atoms with van der Waals surface area (Å²) in [5.41, 5.74) is 4.62. The highest BCUT2D eigenvalue weighted by molar-refractivity contribution is 8.03. The van der Waals surface area contributed by atoms with Crippen molar-refractivity contribution < 1.29 is 31.9 Å². The lowest BCUT2D eigenvalue weighted by atomic mass is 10.1. The summed E-state index contributed by atoms with van der Waals surface area (Å²) in [5, 5.41) is 11.2. The molecule has 1 aliphatic rings. The minimum absolute atomic E-state index is 0.193. The standard InChI is InChI=1S/C24H23N3O6S3/c1-14-15(2)25-24-23(14)35-21(27(24)13-22(28)29)12-20-26(8-4-10-36(30,31)32)17-11-16(6-7-19(17)34-20)18-5-3-9-33-18/h3,5-7,9,11-12,25H,4,8,10,13H2,1-2H3,(H-,28,29,30,31,32)/p+1. The summed E-state index contributed by atoms with van der Waals surface area (Å²) < 4.78 is 40.3. The Hall–Kier alpha value is -3.06. The molecule has 5 rings (SSSR count). The molecule has 9 nitrogen and oxygen atoms in total. The van der Waals surface area contributed by atoms with E-state index >= 15 is 0 Å². The van der Waals surface area contributed by atoms with Crippen molar-refractivity contribution in [2.45, 2.75) is 31.7 Å². The predicted octanol–water partition coefficient (Wildman–Crippen LogP) is 4.67. The van der Waals surface area contributed by atoms with Gasteiger partial charge in [0.1, 0.15) is 16.2 Å². The molecule has 0 saturated heterocycles. The van der Waals surface area contributed by atoms with Gasteiger partial charge in [-0.1, -0.05) is 23.1 Å². The van der Waals surface area contributed by atoms with E-state index in [1.54, 1.807) is 10.8 Å². The van der Waals surface area contributed by atoms with Crippen LogP contribution in [0.2, 0.25) is 0 Å². The molecule has 0 bridgehead atoms. The monoisotopic (exact) mass is 546 g/mol. The number of carboxylic acids is 1. The van der Waals surface area contributed by atoms with Gasteiger partial charge < -0.3 is 14.4 Å². The molecule has 36 heavy (non-hydrogen) atoms. The molecule has 3 N–H and O–H groups in total. The first kappa shape index (κ1) is 24.6. The number of anilines is 1. The summed E-state index contributed by atoms with van der Waals surface area (Å²) in [6, 6.07) is 9.64. The maximum atomic E-state index is 11.7. The quantitative estimate of drug-likeness (QED) is 0.215. The molecule has 0 fully saturated rings. The Bertz CT molecular complexity index is 1600. The van der Waals surface area contributed by atoms with Crippen molar-refractivity contribution in [2.75, 3.05) is 17.2 Å². The number of nitrogens with one attached hydrogen (secondary N) is 1. The van der Waals surface area contributed by atoms with Crippen LogP contribution < -0.4 is 9.47 Å². The molecule has 0 atom stereocenters. The number of nitrogens with zero attached hydrogens (tertiary/aromatic N) is 2. The number of aromatic nitrogens is 2. The average Bonchev–Trinajstić information content (AvgIpc) is 3.56. The number of carboxylic acid groups (broad SMARTS) is 1. The third-order valence-electron chi connectivity index (χ3n) is 6.03. The zero-order valence-corrected chi connectivity index (χ0v) is 22.0. The molecule has 4 heterocycles. The minimum atomic E-state index is -4.09. The Balaban J connectivity index is 1.58. The lowest BCUT2D eigenvalue weighted by Crippen LogP contribution is -2.39. The predicted molar refractivity (Wildman–Crippen MR) is 140 cm³/mol. The van der Waals surface area contributed by atoms with Gasteiger partial charge in [0.15, 0.2) is 11.6 Å². The molecule has 0 amide bonds. The summed E-state index contributed by atoms with van der Waals surface area (Å²) in [5.74, 6) is -0.579.